The number of carboxylic acids is 2. The molecule has 0 spiro atoms. The van der Waals surface area contributed by atoms with E-state index in [9.17, 15) is 19.8 Å². The van der Waals surface area contributed by atoms with Crippen molar-refractivity contribution in [2.24, 2.45) is 5.41 Å². The van der Waals surface area contributed by atoms with Crippen molar-refractivity contribution in [3.63, 3.8) is 0 Å². The molecular weight excluding hydrogens is 364 g/mol. The molecule has 0 aromatic heterocycles. The van der Waals surface area contributed by atoms with Crippen molar-refractivity contribution in [1.82, 2.24) is 0 Å². The van der Waals surface area contributed by atoms with Crippen LogP contribution >= 0.6 is 0 Å². The zero-order valence-electron chi connectivity index (χ0n) is 18.2. The second-order valence-corrected chi connectivity index (χ2v) is 9.94. The summed E-state index contributed by atoms with van der Waals surface area (Å²) in [6, 6.07) is 15.1. The fourth-order valence-electron chi connectivity index (χ4n) is 3.40. The summed E-state index contributed by atoms with van der Waals surface area (Å²) in [5.41, 5.74) is 1.69. The first-order chi connectivity index (χ1) is 13.3. The molecule has 29 heavy (non-hydrogen) atoms. The normalized spacial score (nSPS) is 12.6. The Balaban J connectivity index is 2.36. The van der Waals surface area contributed by atoms with Crippen LogP contribution in [0.25, 0.3) is 0 Å². The highest BCUT2D eigenvalue weighted by atomic mass is 16.4. The number of carboxylic acid groups (broad SMARTS) is 2. The molecule has 0 radical (unpaired) electrons. The zero-order valence-corrected chi connectivity index (χ0v) is 18.2. The first-order valence-electron chi connectivity index (χ1n) is 9.91. The molecule has 0 saturated heterocycles. The van der Waals surface area contributed by atoms with Crippen LogP contribution in [-0.4, -0.2) is 22.2 Å². The molecule has 0 aliphatic carbocycles. The number of aliphatic carboxylic acids is 2. The Kier molecular flexibility index (Phi) is 6.27. The lowest BCUT2D eigenvalue weighted by Crippen LogP contribution is -2.43. The second kappa shape index (κ2) is 8.02. The average Bonchev–Trinajstić information content (AvgIpc) is 2.60. The van der Waals surface area contributed by atoms with Crippen molar-refractivity contribution < 1.29 is 19.8 Å². The van der Waals surface area contributed by atoms with Crippen molar-refractivity contribution >= 4 is 11.9 Å². The van der Waals surface area contributed by atoms with E-state index in [1.807, 2.05) is 48.5 Å². The lowest BCUT2D eigenvalue weighted by molar-refractivity contribution is -0.164. The molecule has 2 aromatic carbocycles. The third-order valence-electron chi connectivity index (χ3n) is 5.47. The van der Waals surface area contributed by atoms with E-state index < -0.39 is 17.4 Å². The fourth-order valence-corrected chi connectivity index (χ4v) is 3.40. The van der Waals surface area contributed by atoms with Gasteiger partial charge in [-0.05, 0) is 45.9 Å². The van der Waals surface area contributed by atoms with Crippen LogP contribution in [0.1, 0.15) is 63.8 Å². The molecule has 4 heteroatoms. The monoisotopic (exact) mass is 396 g/mol. The fraction of sp³-hybridized carbons (Fsp3) is 0.440. The SMILES string of the molecule is CC(C)(C)c1ccc(CC(Cc2ccc(C(C)(C)C)cc2)(C(=O)O)C(=O)O)cc1. The summed E-state index contributed by atoms with van der Waals surface area (Å²) in [6.07, 6.45) is -0.133. The Bertz CT molecular complexity index is 788. The minimum atomic E-state index is -1.91. The highest BCUT2D eigenvalue weighted by molar-refractivity contribution is 5.98. The van der Waals surface area contributed by atoms with Gasteiger partial charge in [0.05, 0.1) is 0 Å². The first-order valence-corrected chi connectivity index (χ1v) is 9.91. The maximum atomic E-state index is 12.1. The van der Waals surface area contributed by atoms with E-state index in [-0.39, 0.29) is 23.7 Å². The molecule has 2 rings (SSSR count). The largest absolute Gasteiger partial charge is 0.480 e. The molecule has 0 saturated carbocycles. The van der Waals surface area contributed by atoms with Crippen LogP contribution in [0.2, 0.25) is 0 Å². The Morgan fingerprint density at radius 2 is 0.897 bits per heavy atom. The quantitative estimate of drug-likeness (QED) is 0.656. The third-order valence-corrected chi connectivity index (χ3v) is 5.47. The van der Waals surface area contributed by atoms with Crippen molar-refractivity contribution in [1.29, 1.82) is 0 Å². The van der Waals surface area contributed by atoms with E-state index in [1.54, 1.807) is 0 Å². The third kappa shape index (κ3) is 5.26. The summed E-state index contributed by atoms with van der Waals surface area (Å²) in [4.78, 5) is 24.3. The molecular formula is C25H32O4. The highest BCUT2D eigenvalue weighted by Crippen LogP contribution is 2.32. The molecule has 0 unspecified atom stereocenters. The molecule has 0 atom stereocenters. The van der Waals surface area contributed by atoms with Gasteiger partial charge < -0.3 is 10.2 Å². The summed E-state index contributed by atoms with van der Waals surface area (Å²) in [7, 11) is 0. The molecule has 0 bridgehead atoms. The van der Waals surface area contributed by atoms with E-state index in [1.165, 1.54) is 0 Å². The number of hydrogen-bond donors (Lipinski definition) is 2. The van der Waals surface area contributed by atoms with Crippen molar-refractivity contribution in [3.8, 4) is 0 Å². The lowest BCUT2D eigenvalue weighted by atomic mass is 9.75. The van der Waals surface area contributed by atoms with Gasteiger partial charge in [-0.1, -0.05) is 90.1 Å². The van der Waals surface area contributed by atoms with Crippen LogP contribution in [0.4, 0.5) is 0 Å². The maximum Gasteiger partial charge on any atom is 0.321 e. The second-order valence-electron chi connectivity index (χ2n) is 9.94. The van der Waals surface area contributed by atoms with E-state index in [4.69, 9.17) is 0 Å². The minimum Gasteiger partial charge on any atom is -0.480 e. The number of hydrogen-bond acceptors (Lipinski definition) is 2. The van der Waals surface area contributed by atoms with Gasteiger partial charge in [0.2, 0.25) is 0 Å². The van der Waals surface area contributed by atoms with Crippen LogP contribution in [0, 0.1) is 5.41 Å². The van der Waals surface area contributed by atoms with Gasteiger partial charge in [-0.15, -0.1) is 0 Å². The standard InChI is InChI=1S/C25H32O4/c1-23(2,3)19-11-7-17(8-12-19)15-25(21(26)27,22(28)29)16-18-9-13-20(14-10-18)24(4,5)6/h7-14H,15-16H2,1-6H3,(H,26,27)(H,28,29). The average molecular weight is 397 g/mol. The maximum absolute atomic E-state index is 12.1. The van der Waals surface area contributed by atoms with Gasteiger partial charge in [-0.3, -0.25) is 9.59 Å². The van der Waals surface area contributed by atoms with E-state index in [0.29, 0.717) is 11.1 Å². The zero-order chi connectivity index (χ0) is 22.0. The lowest BCUT2D eigenvalue weighted by Gasteiger charge is -2.26. The Labute approximate surface area is 173 Å². The van der Waals surface area contributed by atoms with Crippen molar-refractivity contribution in [2.45, 2.75) is 65.2 Å². The van der Waals surface area contributed by atoms with Crippen LogP contribution in [0.5, 0.6) is 0 Å². The Morgan fingerprint density at radius 3 is 1.10 bits per heavy atom. The molecule has 4 nitrogen and oxygen atoms in total. The minimum absolute atomic E-state index is 0.0238. The summed E-state index contributed by atoms with van der Waals surface area (Å²) in [6.45, 7) is 12.6. The molecule has 0 amide bonds. The predicted octanol–water partition coefficient (Wildman–Crippen LogP) is 5.22. The van der Waals surface area contributed by atoms with Crippen LogP contribution in [0.15, 0.2) is 48.5 Å². The molecule has 0 heterocycles. The number of rotatable bonds is 6. The van der Waals surface area contributed by atoms with Gasteiger partial charge >= 0.3 is 11.9 Å². The summed E-state index contributed by atoms with van der Waals surface area (Å²) in [5, 5.41) is 19.8. The van der Waals surface area contributed by atoms with Gasteiger partial charge in [-0.2, -0.15) is 0 Å². The smallest absolute Gasteiger partial charge is 0.321 e. The van der Waals surface area contributed by atoms with E-state index in [0.717, 1.165) is 11.1 Å². The molecule has 2 aromatic rings. The molecule has 0 fully saturated rings. The van der Waals surface area contributed by atoms with Crippen molar-refractivity contribution in [3.05, 3.63) is 70.8 Å². The Morgan fingerprint density at radius 1 is 0.621 bits per heavy atom. The van der Waals surface area contributed by atoms with Crippen LogP contribution < -0.4 is 0 Å². The Hall–Kier alpha value is -2.62. The summed E-state index contributed by atoms with van der Waals surface area (Å²) < 4.78 is 0. The predicted molar refractivity (Wildman–Crippen MR) is 115 cm³/mol. The number of benzene rings is 2. The van der Waals surface area contributed by atoms with E-state index >= 15 is 0 Å². The molecule has 0 aliphatic rings. The number of carbonyl (C=O) groups is 2. The van der Waals surface area contributed by atoms with Gasteiger partial charge in [0.15, 0.2) is 5.41 Å². The highest BCUT2D eigenvalue weighted by Gasteiger charge is 2.46. The molecule has 156 valence electrons. The van der Waals surface area contributed by atoms with Gasteiger partial charge in [0.1, 0.15) is 0 Å². The van der Waals surface area contributed by atoms with Crippen LogP contribution in [-0.2, 0) is 33.3 Å². The molecule has 2 N–H and O–H groups in total. The van der Waals surface area contributed by atoms with Gasteiger partial charge in [-0.25, -0.2) is 0 Å². The van der Waals surface area contributed by atoms with Gasteiger partial charge in [0, 0.05) is 0 Å². The molecule has 0 aliphatic heterocycles. The van der Waals surface area contributed by atoms with Crippen LogP contribution in [0.3, 0.4) is 0 Å². The summed E-state index contributed by atoms with van der Waals surface area (Å²) >= 11 is 0. The van der Waals surface area contributed by atoms with E-state index in [2.05, 4.69) is 41.5 Å². The summed E-state index contributed by atoms with van der Waals surface area (Å²) in [5.74, 6) is -2.63. The topological polar surface area (TPSA) is 74.6 Å². The van der Waals surface area contributed by atoms with Crippen molar-refractivity contribution in [2.75, 3.05) is 0 Å². The van der Waals surface area contributed by atoms with Gasteiger partial charge in [0.25, 0.3) is 0 Å². The first kappa shape index (κ1) is 22.7.